The number of fused-ring (bicyclic) bond motifs is 2. The zero-order chi connectivity index (χ0) is 22.4. The minimum absolute atomic E-state index is 0.141. The lowest BCUT2D eigenvalue weighted by atomic mass is 10.0. The van der Waals surface area contributed by atoms with Crippen molar-refractivity contribution in [3.63, 3.8) is 0 Å². The Kier molecular flexibility index (Phi) is 4.36. The van der Waals surface area contributed by atoms with Gasteiger partial charge in [-0.1, -0.05) is 42.5 Å². The molecule has 6 heteroatoms. The van der Waals surface area contributed by atoms with Crippen LogP contribution in [0.15, 0.2) is 96.2 Å². The minimum atomic E-state index is -0.141. The second kappa shape index (κ2) is 7.53. The molecule has 0 saturated carbocycles. The molecule has 0 radical (unpaired) electrons. The van der Waals surface area contributed by atoms with Crippen molar-refractivity contribution in [2.24, 2.45) is 0 Å². The van der Waals surface area contributed by atoms with E-state index in [2.05, 4.69) is 15.1 Å². The molecule has 4 heterocycles. The van der Waals surface area contributed by atoms with Crippen LogP contribution >= 0.6 is 0 Å². The Morgan fingerprint density at radius 2 is 1.61 bits per heavy atom. The monoisotopic (exact) mass is 429 g/mol. The minimum Gasteiger partial charge on any atom is -0.288 e. The predicted molar refractivity (Wildman–Crippen MR) is 130 cm³/mol. The molecular weight excluding hydrogens is 410 g/mol. The van der Waals surface area contributed by atoms with Gasteiger partial charge in [0.25, 0.3) is 5.56 Å². The summed E-state index contributed by atoms with van der Waals surface area (Å²) >= 11 is 0. The molecule has 0 aliphatic carbocycles. The number of nitrogens with one attached hydrogen (secondary N) is 1. The summed E-state index contributed by atoms with van der Waals surface area (Å²) in [6, 6.07) is 23.6. The van der Waals surface area contributed by atoms with E-state index in [1.165, 1.54) is 0 Å². The number of nitrogens with zero attached hydrogens (tertiary/aromatic N) is 4. The quantitative estimate of drug-likeness (QED) is 0.416. The molecule has 33 heavy (non-hydrogen) atoms. The van der Waals surface area contributed by atoms with Crippen molar-refractivity contribution >= 4 is 16.6 Å². The predicted octanol–water partition coefficient (Wildman–Crippen LogP) is 5.28. The summed E-state index contributed by atoms with van der Waals surface area (Å²) in [4.78, 5) is 27.2. The summed E-state index contributed by atoms with van der Waals surface area (Å²) in [5, 5.41) is 4.30. The van der Waals surface area contributed by atoms with Crippen LogP contribution in [0, 0.1) is 6.92 Å². The van der Waals surface area contributed by atoms with Gasteiger partial charge in [-0.15, -0.1) is 0 Å². The molecule has 0 amide bonds. The first-order valence-corrected chi connectivity index (χ1v) is 10.7. The first-order valence-electron chi connectivity index (χ1n) is 10.7. The average molecular weight is 429 g/mol. The van der Waals surface area contributed by atoms with E-state index in [0.717, 1.165) is 38.9 Å². The molecular formula is C27H19N5O. The van der Waals surface area contributed by atoms with E-state index in [4.69, 9.17) is 4.98 Å². The standard InChI is InChI=1S/C27H19N5O/c1-17-23(21-9-10-22-20(16-21)8-5-13-29-22)27(33)32-26(30-17)24(18-6-3-2-4-7-18)25(31-32)19-11-14-28-15-12-19/h2-16,31H,1H3. The number of hydrogen-bond acceptors (Lipinski definition) is 4. The zero-order valence-corrected chi connectivity index (χ0v) is 17.9. The van der Waals surface area contributed by atoms with Crippen LogP contribution < -0.4 is 5.56 Å². The highest BCUT2D eigenvalue weighted by Gasteiger charge is 2.21. The van der Waals surface area contributed by atoms with Gasteiger partial charge in [-0.25, -0.2) is 4.98 Å². The van der Waals surface area contributed by atoms with Crippen molar-refractivity contribution < 1.29 is 0 Å². The van der Waals surface area contributed by atoms with Crippen LogP contribution in [0.3, 0.4) is 0 Å². The molecule has 0 saturated heterocycles. The van der Waals surface area contributed by atoms with Gasteiger partial charge in [0.05, 0.1) is 28.0 Å². The van der Waals surface area contributed by atoms with Crippen molar-refractivity contribution in [2.45, 2.75) is 6.92 Å². The number of aromatic amines is 1. The molecule has 0 spiro atoms. The van der Waals surface area contributed by atoms with Gasteiger partial charge >= 0.3 is 0 Å². The molecule has 0 unspecified atom stereocenters. The highest BCUT2D eigenvalue weighted by atomic mass is 16.1. The van der Waals surface area contributed by atoms with E-state index in [0.29, 0.717) is 16.9 Å². The molecule has 0 bridgehead atoms. The number of aryl methyl sites for hydroxylation is 1. The van der Waals surface area contributed by atoms with Gasteiger partial charge < -0.3 is 0 Å². The number of rotatable bonds is 3. The van der Waals surface area contributed by atoms with E-state index >= 15 is 0 Å². The summed E-state index contributed by atoms with van der Waals surface area (Å²) in [6.07, 6.45) is 5.25. The Morgan fingerprint density at radius 3 is 2.42 bits per heavy atom. The summed E-state index contributed by atoms with van der Waals surface area (Å²) in [5.74, 6) is 0. The lowest BCUT2D eigenvalue weighted by molar-refractivity contribution is 0.896. The fourth-order valence-electron chi connectivity index (χ4n) is 4.35. The summed E-state index contributed by atoms with van der Waals surface area (Å²) in [5.41, 5.74) is 7.05. The van der Waals surface area contributed by atoms with Crippen molar-refractivity contribution in [1.29, 1.82) is 0 Å². The molecule has 0 fully saturated rings. The van der Waals surface area contributed by atoms with Crippen molar-refractivity contribution in [3.8, 4) is 33.5 Å². The molecule has 6 rings (SSSR count). The normalized spacial score (nSPS) is 11.3. The second-order valence-electron chi connectivity index (χ2n) is 7.91. The van der Waals surface area contributed by atoms with E-state index in [-0.39, 0.29) is 5.56 Å². The van der Waals surface area contributed by atoms with Gasteiger partial charge in [-0.3, -0.25) is 19.9 Å². The van der Waals surface area contributed by atoms with E-state index in [1.54, 1.807) is 23.1 Å². The first-order chi connectivity index (χ1) is 16.2. The molecule has 6 nitrogen and oxygen atoms in total. The SMILES string of the molecule is Cc1nc2c(-c3ccccc3)c(-c3ccncc3)[nH]n2c(=O)c1-c1ccc2ncccc2c1. The third-order valence-corrected chi connectivity index (χ3v) is 5.88. The number of aromatic nitrogens is 5. The zero-order valence-electron chi connectivity index (χ0n) is 17.9. The summed E-state index contributed by atoms with van der Waals surface area (Å²) in [7, 11) is 0. The van der Waals surface area contributed by atoms with Crippen molar-refractivity contribution in [3.05, 3.63) is 107 Å². The van der Waals surface area contributed by atoms with Crippen LogP contribution in [-0.4, -0.2) is 24.6 Å². The van der Waals surface area contributed by atoms with Crippen molar-refractivity contribution in [1.82, 2.24) is 24.6 Å². The van der Waals surface area contributed by atoms with Crippen LogP contribution in [-0.2, 0) is 0 Å². The fraction of sp³-hybridized carbons (Fsp3) is 0.0370. The highest BCUT2D eigenvalue weighted by molar-refractivity contribution is 5.91. The van der Waals surface area contributed by atoms with Gasteiger partial charge in [0.2, 0.25) is 0 Å². The fourth-order valence-corrected chi connectivity index (χ4v) is 4.35. The van der Waals surface area contributed by atoms with Gasteiger partial charge in [0.15, 0.2) is 5.65 Å². The summed E-state index contributed by atoms with van der Waals surface area (Å²) in [6.45, 7) is 1.89. The van der Waals surface area contributed by atoms with Crippen LogP contribution in [0.4, 0.5) is 0 Å². The number of benzene rings is 2. The smallest absolute Gasteiger partial charge is 0.280 e. The Bertz CT molecular complexity index is 1690. The molecule has 0 aliphatic heterocycles. The van der Waals surface area contributed by atoms with Gasteiger partial charge in [-0.05, 0) is 48.4 Å². The Balaban J connectivity index is 1.66. The van der Waals surface area contributed by atoms with Crippen molar-refractivity contribution in [2.75, 3.05) is 0 Å². The molecule has 2 aromatic carbocycles. The molecule has 4 aromatic heterocycles. The Morgan fingerprint density at radius 1 is 0.788 bits per heavy atom. The molecule has 0 atom stereocenters. The van der Waals surface area contributed by atoms with Crippen LogP contribution in [0.1, 0.15) is 5.69 Å². The van der Waals surface area contributed by atoms with Gasteiger partial charge in [0, 0.05) is 29.5 Å². The van der Waals surface area contributed by atoms with Crippen LogP contribution in [0.5, 0.6) is 0 Å². The number of hydrogen-bond donors (Lipinski definition) is 1. The number of pyridine rings is 2. The van der Waals surface area contributed by atoms with Gasteiger partial charge in [-0.2, -0.15) is 4.52 Å². The van der Waals surface area contributed by atoms with Crippen LogP contribution in [0.25, 0.3) is 50.1 Å². The maximum absolute atomic E-state index is 13.8. The van der Waals surface area contributed by atoms with Gasteiger partial charge in [0.1, 0.15) is 0 Å². The molecule has 158 valence electrons. The average Bonchev–Trinajstić information content (AvgIpc) is 3.24. The van der Waals surface area contributed by atoms with E-state index in [9.17, 15) is 4.79 Å². The first kappa shape index (κ1) is 19.1. The van der Waals surface area contributed by atoms with E-state index in [1.807, 2.05) is 79.7 Å². The third-order valence-electron chi connectivity index (χ3n) is 5.88. The largest absolute Gasteiger partial charge is 0.288 e. The summed E-state index contributed by atoms with van der Waals surface area (Å²) < 4.78 is 1.55. The topological polar surface area (TPSA) is 75.9 Å². The lowest BCUT2D eigenvalue weighted by Gasteiger charge is -2.08. The third kappa shape index (κ3) is 3.11. The van der Waals surface area contributed by atoms with E-state index < -0.39 is 0 Å². The van der Waals surface area contributed by atoms with Crippen LogP contribution in [0.2, 0.25) is 0 Å². The molecule has 1 N–H and O–H groups in total. The highest BCUT2D eigenvalue weighted by Crippen LogP contribution is 2.34. The molecule has 6 aromatic rings. The number of H-pyrrole nitrogens is 1. The Hall–Kier alpha value is -4.58. The Labute approximate surface area is 189 Å². The lowest BCUT2D eigenvalue weighted by Crippen LogP contribution is -2.19. The molecule has 0 aliphatic rings. The maximum Gasteiger partial charge on any atom is 0.280 e. The second-order valence-corrected chi connectivity index (χ2v) is 7.91. The maximum atomic E-state index is 13.8.